The minimum atomic E-state index is -3.78. The van der Waals surface area contributed by atoms with Gasteiger partial charge in [-0.3, -0.25) is 0 Å². The number of thioether (sulfide) groups is 1. The number of hydrogen-bond donors (Lipinski definition) is 0. The van der Waals surface area contributed by atoms with Crippen molar-refractivity contribution in [2.75, 3.05) is 11.2 Å². The molecule has 0 unspecified atom stereocenters. The molecule has 1 aliphatic heterocycles. The lowest BCUT2D eigenvalue weighted by molar-refractivity contribution is 0.598. The average Bonchev–Trinajstić information content (AvgIpc) is 2.81. The molecular formula is C26H24N2O2S2. The highest BCUT2D eigenvalue weighted by Gasteiger charge is 2.18. The predicted octanol–water partition coefficient (Wildman–Crippen LogP) is 6.06. The molecule has 0 bridgehead atoms. The van der Waals surface area contributed by atoms with Crippen LogP contribution in [0.3, 0.4) is 0 Å². The van der Waals surface area contributed by atoms with Gasteiger partial charge in [-0.1, -0.05) is 66.2 Å². The molecule has 0 spiro atoms. The highest BCUT2D eigenvalue weighted by Crippen LogP contribution is 2.34. The van der Waals surface area contributed by atoms with E-state index in [-0.39, 0.29) is 4.90 Å². The second-order valence-corrected chi connectivity index (χ2v) is 9.90. The zero-order valence-electron chi connectivity index (χ0n) is 18.0. The number of aryl methyl sites for hydroxylation is 1. The first kappa shape index (κ1) is 22.1. The summed E-state index contributed by atoms with van der Waals surface area (Å²) in [5.41, 5.74) is 5.27. The molecule has 1 aliphatic rings. The van der Waals surface area contributed by atoms with Crippen molar-refractivity contribution in [2.24, 2.45) is 4.40 Å². The molecule has 32 heavy (non-hydrogen) atoms. The van der Waals surface area contributed by atoms with Crippen LogP contribution in [-0.4, -0.2) is 19.7 Å². The Hall–Kier alpha value is -3.09. The molecule has 0 atom stereocenters. The second-order valence-electron chi connectivity index (χ2n) is 7.47. The van der Waals surface area contributed by atoms with Crippen molar-refractivity contribution in [3.8, 4) is 0 Å². The molecule has 0 radical (unpaired) electrons. The van der Waals surface area contributed by atoms with Crippen LogP contribution in [0.5, 0.6) is 0 Å². The molecule has 0 N–H and O–H groups in total. The van der Waals surface area contributed by atoms with Gasteiger partial charge >= 0.3 is 0 Å². The van der Waals surface area contributed by atoms with Gasteiger partial charge in [-0.2, -0.15) is 12.8 Å². The summed E-state index contributed by atoms with van der Waals surface area (Å²) in [6.07, 6.45) is 7.72. The van der Waals surface area contributed by atoms with Crippen LogP contribution in [0.25, 0.3) is 5.57 Å². The molecule has 0 amide bonds. The van der Waals surface area contributed by atoms with Gasteiger partial charge in [0.1, 0.15) is 5.04 Å². The van der Waals surface area contributed by atoms with Crippen molar-refractivity contribution in [3.05, 3.63) is 114 Å². The van der Waals surface area contributed by atoms with Gasteiger partial charge in [0.2, 0.25) is 0 Å². The number of sulfonamides is 1. The van der Waals surface area contributed by atoms with Gasteiger partial charge in [0.25, 0.3) is 10.0 Å². The Morgan fingerprint density at radius 2 is 1.66 bits per heavy atom. The third-order valence-electron chi connectivity index (χ3n) is 5.17. The average molecular weight is 461 g/mol. The summed E-state index contributed by atoms with van der Waals surface area (Å²) in [5, 5.41) is 0.441. The van der Waals surface area contributed by atoms with E-state index >= 15 is 0 Å². The van der Waals surface area contributed by atoms with E-state index in [0.717, 1.165) is 28.9 Å². The van der Waals surface area contributed by atoms with Crippen LogP contribution in [0.2, 0.25) is 0 Å². The molecule has 3 aromatic rings. The van der Waals surface area contributed by atoms with E-state index in [9.17, 15) is 8.42 Å². The zero-order chi connectivity index (χ0) is 22.6. The van der Waals surface area contributed by atoms with Crippen LogP contribution < -0.4 is 4.90 Å². The Bertz CT molecular complexity index is 1290. The van der Waals surface area contributed by atoms with Crippen molar-refractivity contribution in [3.63, 3.8) is 0 Å². The molecule has 4 nitrogen and oxygen atoms in total. The third kappa shape index (κ3) is 5.03. The Morgan fingerprint density at radius 1 is 0.969 bits per heavy atom. The van der Waals surface area contributed by atoms with Crippen molar-refractivity contribution in [2.45, 2.75) is 18.4 Å². The fourth-order valence-corrected chi connectivity index (χ4v) is 5.20. The quantitative estimate of drug-likeness (QED) is 0.343. The lowest BCUT2D eigenvalue weighted by Gasteiger charge is -2.28. The summed E-state index contributed by atoms with van der Waals surface area (Å²) >= 11 is 1.31. The molecule has 4 rings (SSSR count). The molecule has 0 saturated carbocycles. The first-order valence-electron chi connectivity index (χ1n) is 10.2. The summed E-state index contributed by atoms with van der Waals surface area (Å²) < 4.78 is 29.7. The molecule has 1 heterocycles. The lowest BCUT2D eigenvalue weighted by Crippen LogP contribution is -2.19. The minimum Gasteiger partial charge on any atom is -0.343 e. The van der Waals surface area contributed by atoms with Crippen LogP contribution in [0, 0.1) is 6.92 Å². The summed E-state index contributed by atoms with van der Waals surface area (Å²) in [6, 6.07) is 25.2. The van der Waals surface area contributed by atoms with Gasteiger partial charge in [-0.15, -0.1) is 11.8 Å². The Morgan fingerprint density at radius 3 is 2.38 bits per heavy atom. The van der Waals surface area contributed by atoms with E-state index in [1.807, 2.05) is 61.9 Å². The van der Waals surface area contributed by atoms with Crippen molar-refractivity contribution >= 4 is 38.1 Å². The normalized spacial score (nSPS) is 15.1. The largest absolute Gasteiger partial charge is 0.343 e. The third-order valence-corrected chi connectivity index (χ3v) is 7.22. The maximum absolute atomic E-state index is 12.8. The Labute approximate surface area is 194 Å². The van der Waals surface area contributed by atoms with E-state index in [1.54, 1.807) is 24.3 Å². The molecule has 0 saturated heterocycles. The van der Waals surface area contributed by atoms with Crippen LogP contribution in [-0.2, 0) is 16.6 Å². The number of fused-ring (bicyclic) bond motifs is 1. The maximum Gasteiger partial charge on any atom is 0.283 e. The molecule has 0 aliphatic carbocycles. The lowest BCUT2D eigenvalue weighted by atomic mass is 9.99. The fourth-order valence-electron chi connectivity index (χ4n) is 3.49. The van der Waals surface area contributed by atoms with Crippen molar-refractivity contribution in [1.29, 1.82) is 0 Å². The zero-order valence-corrected chi connectivity index (χ0v) is 19.6. The number of allylic oxidation sites excluding steroid dienone is 2. The van der Waals surface area contributed by atoms with E-state index in [0.29, 0.717) is 5.04 Å². The van der Waals surface area contributed by atoms with Crippen LogP contribution in [0.4, 0.5) is 5.69 Å². The number of hydrogen-bond acceptors (Lipinski definition) is 4. The highest BCUT2D eigenvalue weighted by atomic mass is 32.2. The highest BCUT2D eigenvalue weighted by molar-refractivity contribution is 8.14. The number of nitrogens with zero attached hydrogens (tertiary/aromatic N) is 2. The summed E-state index contributed by atoms with van der Waals surface area (Å²) in [6.45, 7) is 2.68. The van der Waals surface area contributed by atoms with E-state index < -0.39 is 10.0 Å². The maximum atomic E-state index is 12.8. The molecule has 162 valence electrons. The van der Waals surface area contributed by atoms with E-state index in [2.05, 4.69) is 33.6 Å². The first-order valence-corrected chi connectivity index (χ1v) is 12.9. The van der Waals surface area contributed by atoms with Crippen molar-refractivity contribution in [1.82, 2.24) is 0 Å². The van der Waals surface area contributed by atoms with Gasteiger partial charge in [-0.25, -0.2) is 0 Å². The number of anilines is 1. The monoisotopic (exact) mass is 460 g/mol. The number of benzene rings is 3. The summed E-state index contributed by atoms with van der Waals surface area (Å²) in [4.78, 5) is 2.39. The van der Waals surface area contributed by atoms with Gasteiger partial charge in [-0.05, 0) is 54.7 Å². The molecule has 0 fully saturated rings. The van der Waals surface area contributed by atoms with Gasteiger partial charge in [0, 0.05) is 24.0 Å². The Kier molecular flexibility index (Phi) is 6.63. The number of rotatable bonds is 5. The second kappa shape index (κ2) is 9.59. The van der Waals surface area contributed by atoms with Crippen LogP contribution in [0.15, 0.2) is 107 Å². The standard InChI is InChI=1S/C26H24N2O2S2/c1-20-12-14-23(15-13-20)32(29,30)27-26(31-2)18-22-16-17-28(19-21-8-4-3-5-9-21)25-11-7-6-10-24(22)25/h3-18H,19H2,1-2H3/b22-18+,27-26-. The molecule has 3 aromatic carbocycles. The van der Waals surface area contributed by atoms with Gasteiger partial charge in [0.15, 0.2) is 0 Å². The SMILES string of the molecule is CSC(/C=C1\C=CN(Cc2ccccc2)c2ccccc21)=N\S(=O)(=O)c1ccc(C)cc1. The Balaban J connectivity index is 1.68. The van der Waals surface area contributed by atoms with Crippen molar-refractivity contribution < 1.29 is 8.42 Å². The van der Waals surface area contributed by atoms with Crippen LogP contribution >= 0.6 is 11.8 Å². The van der Waals surface area contributed by atoms with Gasteiger partial charge in [0.05, 0.1) is 4.90 Å². The molecule has 0 aromatic heterocycles. The fraction of sp³-hybridized carbons (Fsp3) is 0.115. The number of para-hydroxylation sites is 1. The smallest absolute Gasteiger partial charge is 0.283 e. The topological polar surface area (TPSA) is 49.7 Å². The minimum absolute atomic E-state index is 0.196. The van der Waals surface area contributed by atoms with Gasteiger partial charge < -0.3 is 4.90 Å². The predicted molar refractivity (Wildman–Crippen MR) is 135 cm³/mol. The molecule has 6 heteroatoms. The first-order chi connectivity index (χ1) is 15.5. The van der Waals surface area contributed by atoms with Crippen LogP contribution in [0.1, 0.15) is 16.7 Å². The summed E-state index contributed by atoms with van der Waals surface area (Å²) in [5.74, 6) is 0. The molecular weight excluding hydrogens is 436 g/mol. The summed E-state index contributed by atoms with van der Waals surface area (Å²) in [7, 11) is -3.78. The van der Waals surface area contributed by atoms with E-state index in [1.165, 1.54) is 17.3 Å². The van der Waals surface area contributed by atoms with E-state index in [4.69, 9.17) is 0 Å².